The molecule has 2 amide bonds. The van der Waals surface area contributed by atoms with E-state index >= 15 is 0 Å². The van der Waals surface area contributed by atoms with E-state index in [-0.39, 0.29) is 18.6 Å². The molecule has 154 valence electrons. The van der Waals surface area contributed by atoms with Gasteiger partial charge in [0.2, 0.25) is 6.79 Å². The van der Waals surface area contributed by atoms with Crippen molar-refractivity contribution in [3.63, 3.8) is 0 Å². The van der Waals surface area contributed by atoms with E-state index in [0.29, 0.717) is 24.6 Å². The molecule has 0 unspecified atom stereocenters. The molecule has 30 heavy (non-hydrogen) atoms. The Kier molecular flexibility index (Phi) is 5.57. The van der Waals surface area contributed by atoms with Gasteiger partial charge in [0.25, 0.3) is 0 Å². The third-order valence-electron chi connectivity index (χ3n) is 5.10. The second-order valence-electron chi connectivity index (χ2n) is 7.37. The van der Waals surface area contributed by atoms with Gasteiger partial charge in [-0.05, 0) is 60.4 Å². The largest absolute Gasteiger partial charge is 0.454 e. The molecule has 0 aliphatic carbocycles. The van der Waals surface area contributed by atoms with Gasteiger partial charge in [-0.25, -0.2) is 9.18 Å². The molecular weight excluding hydrogens is 383 g/mol. The number of rotatable bonds is 5. The highest BCUT2D eigenvalue weighted by atomic mass is 19.1. The van der Waals surface area contributed by atoms with Crippen LogP contribution in [0.4, 0.5) is 14.9 Å². The van der Waals surface area contributed by atoms with Crippen molar-refractivity contribution in [3.8, 4) is 11.5 Å². The summed E-state index contributed by atoms with van der Waals surface area (Å²) in [5.74, 6) is 1.06. The number of urea groups is 1. The third kappa shape index (κ3) is 4.38. The van der Waals surface area contributed by atoms with Crippen molar-refractivity contribution in [2.45, 2.75) is 26.9 Å². The van der Waals surface area contributed by atoms with Crippen molar-refractivity contribution in [1.82, 2.24) is 4.90 Å². The van der Waals surface area contributed by atoms with Crippen LogP contribution in [0, 0.1) is 19.7 Å². The lowest BCUT2D eigenvalue weighted by Gasteiger charge is -2.25. The number of ether oxygens (including phenoxy) is 2. The van der Waals surface area contributed by atoms with Crippen LogP contribution in [0.2, 0.25) is 0 Å². The molecule has 5 nitrogen and oxygen atoms in total. The summed E-state index contributed by atoms with van der Waals surface area (Å²) in [6.07, 6.45) is 0. The summed E-state index contributed by atoms with van der Waals surface area (Å²) in [6, 6.07) is 17.5. The van der Waals surface area contributed by atoms with Gasteiger partial charge in [0, 0.05) is 18.8 Å². The summed E-state index contributed by atoms with van der Waals surface area (Å²) in [7, 11) is 0. The van der Waals surface area contributed by atoms with Gasteiger partial charge in [0.1, 0.15) is 5.82 Å². The van der Waals surface area contributed by atoms with E-state index in [1.165, 1.54) is 12.1 Å². The van der Waals surface area contributed by atoms with Crippen LogP contribution in [0.15, 0.2) is 60.7 Å². The summed E-state index contributed by atoms with van der Waals surface area (Å²) in [5, 5.41) is 3.04. The van der Waals surface area contributed by atoms with Gasteiger partial charge in [-0.3, -0.25) is 0 Å². The highest BCUT2D eigenvalue weighted by molar-refractivity contribution is 5.91. The molecule has 3 aromatic carbocycles. The van der Waals surface area contributed by atoms with E-state index in [1.54, 1.807) is 17.0 Å². The number of hydrogen-bond acceptors (Lipinski definition) is 3. The van der Waals surface area contributed by atoms with Gasteiger partial charge >= 0.3 is 6.03 Å². The molecule has 0 radical (unpaired) electrons. The zero-order chi connectivity index (χ0) is 21.1. The fourth-order valence-electron chi connectivity index (χ4n) is 3.47. The van der Waals surface area contributed by atoms with E-state index in [4.69, 9.17) is 9.47 Å². The van der Waals surface area contributed by atoms with Gasteiger partial charge in [-0.2, -0.15) is 0 Å². The molecule has 0 saturated carbocycles. The van der Waals surface area contributed by atoms with Gasteiger partial charge in [0.05, 0.1) is 0 Å². The summed E-state index contributed by atoms with van der Waals surface area (Å²) in [4.78, 5) is 14.9. The van der Waals surface area contributed by atoms with Crippen LogP contribution in [0.25, 0.3) is 0 Å². The second kappa shape index (κ2) is 8.45. The van der Waals surface area contributed by atoms with Crippen molar-refractivity contribution >= 4 is 11.7 Å². The Hall–Kier alpha value is -3.54. The molecule has 0 aromatic heterocycles. The summed E-state index contributed by atoms with van der Waals surface area (Å²) in [6.45, 7) is 4.83. The molecule has 0 bridgehead atoms. The Bertz CT molecular complexity index is 1050. The van der Waals surface area contributed by atoms with Crippen molar-refractivity contribution < 1.29 is 18.7 Å². The lowest BCUT2D eigenvalue weighted by Crippen LogP contribution is -2.34. The third-order valence-corrected chi connectivity index (χ3v) is 5.10. The molecule has 0 spiro atoms. The Morgan fingerprint density at radius 3 is 2.30 bits per heavy atom. The van der Waals surface area contributed by atoms with E-state index in [9.17, 15) is 9.18 Å². The first-order chi connectivity index (χ1) is 14.5. The maximum absolute atomic E-state index is 13.3. The van der Waals surface area contributed by atoms with Gasteiger partial charge in [-0.1, -0.05) is 36.4 Å². The lowest BCUT2D eigenvalue weighted by atomic mass is 10.1. The van der Waals surface area contributed by atoms with Gasteiger partial charge in [0.15, 0.2) is 11.5 Å². The quantitative estimate of drug-likeness (QED) is 0.617. The molecule has 1 N–H and O–H groups in total. The number of carbonyl (C=O) groups is 1. The average molecular weight is 406 g/mol. The number of para-hydroxylation sites is 1. The number of nitrogens with one attached hydrogen (secondary N) is 1. The minimum atomic E-state index is -0.305. The normalized spacial score (nSPS) is 12.0. The Morgan fingerprint density at radius 2 is 1.57 bits per heavy atom. The minimum absolute atomic E-state index is 0.200. The van der Waals surface area contributed by atoms with Crippen LogP contribution in [-0.4, -0.2) is 17.7 Å². The number of nitrogens with zero attached hydrogens (tertiary/aromatic N) is 1. The second-order valence-corrected chi connectivity index (χ2v) is 7.37. The van der Waals surface area contributed by atoms with E-state index < -0.39 is 0 Å². The predicted octanol–water partition coefficient (Wildman–Crippen LogP) is 5.41. The van der Waals surface area contributed by atoms with Crippen molar-refractivity contribution in [2.75, 3.05) is 12.1 Å². The molecule has 0 fully saturated rings. The SMILES string of the molecule is Cc1cccc(C)c1NC(=O)N(Cc1ccc(F)cc1)Cc1ccc2c(c1)OCO2. The zero-order valence-electron chi connectivity index (χ0n) is 16.9. The molecule has 1 heterocycles. The highest BCUT2D eigenvalue weighted by Gasteiger charge is 2.19. The molecular formula is C24H23FN2O3. The number of amides is 2. The maximum atomic E-state index is 13.3. The van der Waals surface area contributed by atoms with E-state index in [1.807, 2.05) is 50.2 Å². The first-order valence-corrected chi connectivity index (χ1v) is 9.75. The van der Waals surface area contributed by atoms with Crippen LogP contribution in [0.1, 0.15) is 22.3 Å². The van der Waals surface area contributed by atoms with E-state index in [2.05, 4.69) is 5.32 Å². The summed E-state index contributed by atoms with van der Waals surface area (Å²) in [5.41, 5.74) is 4.55. The topological polar surface area (TPSA) is 50.8 Å². The summed E-state index contributed by atoms with van der Waals surface area (Å²) < 4.78 is 24.1. The Balaban J connectivity index is 1.59. The van der Waals surface area contributed by atoms with Crippen LogP contribution in [-0.2, 0) is 13.1 Å². The predicted molar refractivity (Wildman–Crippen MR) is 113 cm³/mol. The molecule has 0 saturated heterocycles. The average Bonchev–Trinajstić information content (AvgIpc) is 3.20. The Morgan fingerprint density at radius 1 is 0.933 bits per heavy atom. The number of hydrogen-bond donors (Lipinski definition) is 1. The van der Waals surface area contributed by atoms with Crippen LogP contribution in [0.5, 0.6) is 11.5 Å². The first kappa shape index (κ1) is 19.8. The molecule has 3 aromatic rings. The smallest absolute Gasteiger partial charge is 0.322 e. The van der Waals surface area contributed by atoms with Crippen molar-refractivity contribution in [2.24, 2.45) is 0 Å². The fraction of sp³-hybridized carbons (Fsp3) is 0.208. The van der Waals surface area contributed by atoms with Gasteiger partial charge in [-0.15, -0.1) is 0 Å². The first-order valence-electron chi connectivity index (χ1n) is 9.75. The Labute approximate surface area is 175 Å². The van der Waals surface area contributed by atoms with E-state index in [0.717, 1.165) is 27.9 Å². The van der Waals surface area contributed by atoms with Gasteiger partial charge < -0.3 is 19.7 Å². The molecule has 0 atom stereocenters. The fourth-order valence-corrected chi connectivity index (χ4v) is 3.47. The zero-order valence-corrected chi connectivity index (χ0v) is 16.9. The number of halogens is 1. The molecule has 4 rings (SSSR count). The standard InChI is InChI=1S/C24H23FN2O3/c1-16-4-3-5-17(2)23(16)26-24(28)27(13-18-6-9-20(25)10-7-18)14-19-8-11-21-22(12-19)30-15-29-21/h3-12H,13-15H2,1-2H3,(H,26,28). The number of aryl methyl sites for hydroxylation is 2. The molecule has 6 heteroatoms. The molecule has 1 aliphatic rings. The highest BCUT2D eigenvalue weighted by Crippen LogP contribution is 2.33. The van der Waals surface area contributed by atoms with Crippen molar-refractivity contribution in [3.05, 3.63) is 88.7 Å². The number of anilines is 1. The van der Waals surface area contributed by atoms with Crippen LogP contribution >= 0.6 is 0 Å². The lowest BCUT2D eigenvalue weighted by molar-refractivity contribution is 0.174. The minimum Gasteiger partial charge on any atom is -0.454 e. The monoisotopic (exact) mass is 406 g/mol. The number of fused-ring (bicyclic) bond motifs is 1. The van der Waals surface area contributed by atoms with Crippen LogP contribution < -0.4 is 14.8 Å². The van der Waals surface area contributed by atoms with Crippen LogP contribution in [0.3, 0.4) is 0 Å². The maximum Gasteiger partial charge on any atom is 0.322 e. The summed E-state index contributed by atoms with van der Waals surface area (Å²) >= 11 is 0. The number of benzene rings is 3. The number of carbonyl (C=O) groups excluding carboxylic acids is 1. The van der Waals surface area contributed by atoms with Crippen molar-refractivity contribution in [1.29, 1.82) is 0 Å². The molecule has 1 aliphatic heterocycles.